The Morgan fingerprint density at radius 1 is 1.19 bits per heavy atom. The summed E-state index contributed by atoms with van der Waals surface area (Å²) >= 11 is 15.0. The average molecular weight is 545 g/mol. The van der Waals surface area contributed by atoms with Gasteiger partial charge in [-0.3, -0.25) is 14.3 Å². The summed E-state index contributed by atoms with van der Waals surface area (Å²) in [5.41, 5.74) is -2.71. The lowest BCUT2D eigenvalue weighted by atomic mass is 9.94. The summed E-state index contributed by atoms with van der Waals surface area (Å²) in [4.78, 5) is 29.2. The number of aryl methyl sites for hydroxylation is 1. The zero-order valence-electron chi connectivity index (χ0n) is 16.6. The Hall–Kier alpha value is -1.85. The Morgan fingerprint density at radius 3 is 2.39 bits per heavy atom. The first-order chi connectivity index (χ1) is 14.2. The average Bonchev–Trinajstić information content (AvgIpc) is 3.09. The highest BCUT2D eigenvalue weighted by atomic mass is 79.9. The van der Waals surface area contributed by atoms with Crippen molar-refractivity contribution in [3.8, 4) is 0 Å². The van der Waals surface area contributed by atoms with E-state index in [0.717, 1.165) is 6.07 Å². The molecule has 0 aliphatic heterocycles. The number of nitrogens with one attached hydrogen (secondary N) is 2. The molecule has 31 heavy (non-hydrogen) atoms. The summed E-state index contributed by atoms with van der Waals surface area (Å²) in [6.45, 7) is 4.97. The number of pyridine rings is 1. The maximum atomic E-state index is 13.1. The van der Waals surface area contributed by atoms with Gasteiger partial charge in [0, 0.05) is 23.6 Å². The van der Waals surface area contributed by atoms with Gasteiger partial charge < -0.3 is 10.6 Å². The lowest BCUT2D eigenvalue weighted by molar-refractivity contribution is -0.141. The summed E-state index contributed by atoms with van der Waals surface area (Å²) in [5.74, 6) is -1.83. The first-order valence-corrected chi connectivity index (χ1v) is 10.5. The molecule has 2 amide bonds. The summed E-state index contributed by atoms with van der Waals surface area (Å²) in [5, 5.41) is 8.86. The molecule has 1 atom stereocenters. The molecule has 2 heterocycles. The molecule has 13 heteroatoms. The molecular formula is C18H19BrCl2F3N5O2. The van der Waals surface area contributed by atoms with Gasteiger partial charge in [0.15, 0.2) is 5.69 Å². The molecule has 2 aromatic rings. The van der Waals surface area contributed by atoms with Crippen LogP contribution in [-0.4, -0.2) is 36.5 Å². The van der Waals surface area contributed by atoms with Crippen molar-refractivity contribution in [2.75, 3.05) is 5.32 Å². The van der Waals surface area contributed by atoms with Gasteiger partial charge >= 0.3 is 6.18 Å². The van der Waals surface area contributed by atoms with Gasteiger partial charge in [0.2, 0.25) is 0 Å². The predicted molar refractivity (Wildman–Crippen MR) is 114 cm³/mol. The maximum Gasteiger partial charge on any atom is 0.434 e. The van der Waals surface area contributed by atoms with Crippen molar-refractivity contribution in [1.29, 1.82) is 0 Å². The number of hydrogen-bond acceptors (Lipinski definition) is 4. The van der Waals surface area contributed by atoms with Crippen LogP contribution in [0.3, 0.4) is 0 Å². The second kappa shape index (κ2) is 9.33. The van der Waals surface area contributed by atoms with E-state index in [0.29, 0.717) is 6.54 Å². The molecule has 2 N–H and O–H groups in total. The molecule has 7 nitrogen and oxygen atoms in total. The number of carbonyl (C=O) groups is 2. The fourth-order valence-electron chi connectivity index (χ4n) is 2.86. The molecule has 0 bridgehead atoms. The summed E-state index contributed by atoms with van der Waals surface area (Å²) < 4.78 is 39.1. The highest BCUT2D eigenvalue weighted by Crippen LogP contribution is 2.35. The van der Waals surface area contributed by atoms with Crippen LogP contribution in [0.4, 0.5) is 19.0 Å². The van der Waals surface area contributed by atoms with E-state index < -0.39 is 33.6 Å². The molecule has 170 valence electrons. The van der Waals surface area contributed by atoms with Crippen LogP contribution in [0.1, 0.15) is 43.4 Å². The number of carbonyl (C=O) groups excluding carboxylic acids is 2. The van der Waals surface area contributed by atoms with Gasteiger partial charge in [-0.15, -0.1) is 23.2 Å². The lowest BCUT2D eigenvalue weighted by Gasteiger charge is -2.33. The van der Waals surface area contributed by atoms with E-state index in [1.807, 2.05) is 0 Å². The number of nitrogens with zero attached hydrogens (tertiary/aromatic N) is 3. The molecule has 0 saturated heterocycles. The van der Waals surface area contributed by atoms with E-state index in [-0.39, 0.29) is 22.4 Å². The maximum absolute atomic E-state index is 13.1. The van der Waals surface area contributed by atoms with E-state index in [2.05, 4.69) is 36.6 Å². The first kappa shape index (κ1) is 25.4. The lowest BCUT2D eigenvalue weighted by Crippen LogP contribution is -2.57. The number of halogens is 6. The van der Waals surface area contributed by atoms with Crippen LogP contribution in [0.15, 0.2) is 28.9 Å². The minimum atomic E-state index is -4.74. The standard InChI is InChI=1S/C18H19BrCl2F3N5O2/c1-4-29-11(7-8-25-29)14(30)28-16(2,9-17(3,20)21)15(31)27-12-6-5-10(19)13(26-12)18(22,23)24/h5-8H,4,9H2,1-3H3,(H,28,30)(H,26,27,31)/t16-/m0/s1. The second-order valence-corrected chi connectivity index (χ2v) is 9.76. The highest BCUT2D eigenvalue weighted by Gasteiger charge is 2.42. The van der Waals surface area contributed by atoms with Gasteiger partial charge in [0.25, 0.3) is 11.8 Å². The molecule has 0 saturated carbocycles. The van der Waals surface area contributed by atoms with Crippen LogP contribution in [-0.2, 0) is 17.5 Å². The van der Waals surface area contributed by atoms with Crippen molar-refractivity contribution in [3.05, 3.63) is 40.3 Å². The summed E-state index contributed by atoms with van der Waals surface area (Å²) in [6, 6.07) is 3.75. The number of aromatic nitrogens is 3. The number of anilines is 1. The minimum Gasteiger partial charge on any atom is -0.336 e. The smallest absolute Gasteiger partial charge is 0.336 e. The SMILES string of the molecule is CCn1nccc1C(=O)N[C@@](C)(CC(C)(Cl)Cl)C(=O)Nc1ccc(Br)c(C(F)(F)F)n1. The van der Waals surface area contributed by atoms with Gasteiger partial charge in [0.05, 0.1) is 0 Å². The van der Waals surface area contributed by atoms with Crippen LogP contribution < -0.4 is 10.6 Å². The topological polar surface area (TPSA) is 88.9 Å². The molecule has 0 fully saturated rings. The summed E-state index contributed by atoms with van der Waals surface area (Å²) in [6.07, 6.45) is -3.56. The Labute approximate surface area is 194 Å². The predicted octanol–water partition coefficient (Wildman–Crippen LogP) is 4.79. The van der Waals surface area contributed by atoms with Crippen molar-refractivity contribution in [2.45, 2.75) is 49.8 Å². The normalized spacial score (nSPS) is 14.1. The van der Waals surface area contributed by atoms with Crippen molar-refractivity contribution < 1.29 is 22.8 Å². The van der Waals surface area contributed by atoms with Crippen molar-refractivity contribution in [2.24, 2.45) is 0 Å². The van der Waals surface area contributed by atoms with E-state index >= 15 is 0 Å². The minimum absolute atomic E-state index is 0.188. The van der Waals surface area contributed by atoms with Crippen molar-refractivity contribution in [1.82, 2.24) is 20.1 Å². The molecule has 2 rings (SSSR count). The van der Waals surface area contributed by atoms with E-state index in [4.69, 9.17) is 23.2 Å². The van der Waals surface area contributed by atoms with Crippen LogP contribution >= 0.6 is 39.1 Å². The Bertz CT molecular complexity index is 978. The van der Waals surface area contributed by atoms with Crippen LogP contribution in [0.5, 0.6) is 0 Å². The molecule has 0 aliphatic rings. The highest BCUT2D eigenvalue weighted by molar-refractivity contribution is 9.10. The van der Waals surface area contributed by atoms with Crippen molar-refractivity contribution in [3.63, 3.8) is 0 Å². The first-order valence-electron chi connectivity index (χ1n) is 8.93. The Balaban J connectivity index is 2.35. The Kier molecular flexibility index (Phi) is 7.65. The zero-order chi connectivity index (χ0) is 23.6. The largest absolute Gasteiger partial charge is 0.434 e. The number of alkyl halides is 5. The van der Waals surface area contributed by atoms with Crippen LogP contribution in [0.25, 0.3) is 0 Å². The van der Waals surface area contributed by atoms with E-state index in [9.17, 15) is 22.8 Å². The number of amides is 2. The molecule has 2 aromatic heterocycles. The molecule has 0 unspecified atom stereocenters. The fourth-order valence-corrected chi connectivity index (χ4v) is 3.84. The third-order valence-electron chi connectivity index (χ3n) is 4.16. The van der Waals surface area contributed by atoms with Gasteiger partial charge in [-0.05, 0) is 54.9 Å². The quantitative estimate of drug-likeness (QED) is 0.490. The van der Waals surface area contributed by atoms with E-state index in [1.165, 1.54) is 36.9 Å². The van der Waals surface area contributed by atoms with Crippen LogP contribution in [0.2, 0.25) is 0 Å². The van der Waals surface area contributed by atoms with Gasteiger partial charge in [-0.1, -0.05) is 0 Å². The molecule has 0 spiro atoms. The molecule has 0 radical (unpaired) electrons. The molecular weight excluding hydrogens is 526 g/mol. The van der Waals surface area contributed by atoms with Crippen molar-refractivity contribution >= 4 is 56.8 Å². The van der Waals surface area contributed by atoms with Gasteiger partial charge in [-0.2, -0.15) is 18.3 Å². The third kappa shape index (κ3) is 6.56. The molecule has 0 aromatic carbocycles. The molecule has 0 aliphatic carbocycles. The summed E-state index contributed by atoms with van der Waals surface area (Å²) in [7, 11) is 0. The van der Waals surface area contributed by atoms with Gasteiger partial charge in [0.1, 0.15) is 21.4 Å². The number of rotatable bonds is 7. The Morgan fingerprint density at radius 2 is 1.84 bits per heavy atom. The van der Waals surface area contributed by atoms with Gasteiger partial charge in [-0.25, -0.2) is 4.98 Å². The zero-order valence-corrected chi connectivity index (χ0v) is 19.7. The monoisotopic (exact) mass is 543 g/mol. The van der Waals surface area contributed by atoms with E-state index in [1.54, 1.807) is 6.92 Å². The van der Waals surface area contributed by atoms with Crippen LogP contribution in [0, 0.1) is 0 Å². The second-order valence-electron chi connectivity index (χ2n) is 7.04. The third-order valence-corrected chi connectivity index (χ3v) is 5.07. The fraction of sp³-hybridized carbons (Fsp3) is 0.444. The number of hydrogen-bond donors (Lipinski definition) is 2.